The van der Waals surface area contributed by atoms with Crippen LogP contribution in [0.5, 0.6) is 0 Å². The third-order valence-corrected chi connectivity index (χ3v) is 3.60. The molecule has 2 unspecified atom stereocenters. The van der Waals surface area contributed by atoms with Crippen LogP contribution in [0.25, 0.3) is 0 Å². The fourth-order valence-electron chi connectivity index (χ4n) is 2.74. The molecule has 94 valence electrons. The summed E-state index contributed by atoms with van der Waals surface area (Å²) in [4.78, 5) is 22.4. The molecule has 2 aliphatic rings. The van der Waals surface area contributed by atoms with Crippen molar-refractivity contribution in [1.82, 2.24) is 0 Å². The Morgan fingerprint density at radius 3 is 2.37 bits per heavy atom. The Bertz CT molecular complexity index is 363. The Balaban J connectivity index is 0.00000162. The van der Waals surface area contributed by atoms with Crippen LogP contribution in [-0.4, -0.2) is 25.0 Å². The summed E-state index contributed by atoms with van der Waals surface area (Å²) < 4.78 is 5.20. The van der Waals surface area contributed by atoms with E-state index in [1.165, 1.54) is 0 Å². The van der Waals surface area contributed by atoms with Crippen molar-refractivity contribution in [2.45, 2.75) is 19.3 Å². The van der Waals surface area contributed by atoms with E-state index in [-0.39, 0.29) is 77.2 Å². The van der Waals surface area contributed by atoms with E-state index in [1.807, 2.05) is 0 Å². The van der Waals surface area contributed by atoms with Crippen molar-refractivity contribution < 1.29 is 83.7 Å². The number of ether oxygens (including phenoxy) is 1. The van der Waals surface area contributed by atoms with Gasteiger partial charge in [0.15, 0.2) is 5.78 Å². The number of carboxylic acid groups (broad SMARTS) is 1. The molecule has 2 atom stereocenters. The van der Waals surface area contributed by atoms with Crippen LogP contribution in [0.2, 0.25) is 0 Å². The van der Waals surface area contributed by atoms with Gasteiger partial charge in [-0.05, 0) is 30.8 Å². The standard InChI is InChI=1S/C12H16O5.2Na/c13-8-5-9(7-1-3-17-4-2-7)11(12(15)16)10(14)6-8;;/h6-7,9,11,14H,1-5H2,(H,15,16);;/q;2*+1/p-2. The minimum atomic E-state index is -1.37. The topological polar surface area (TPSA) is 89.5 Å². The maximum atomic E-state index is 11.6. The summed E-state index contributed by atoms with van der Waals surface area (Å²) in [6, 6.07) is 0. The molecule has 0 saturated carbocycles. The summed E-state index contributed by atoms with van der Waals surface area (Å²) in [5.41, 5.74) is 0. The minimum Gasteiger partial charge on any atom is -0.875 e. The first kappa shape index (κ1) is 19.6. The van der Waals surface area contributed by atoms with Gasteiger partial charge in [0.2, 0.25) is 0 Å². The Hall–Kier alpha value is 0.640. The third-order valence-electron chi connectivity index (χ3n) is 3.60. The van der Waals surface area contributed by atoms with E-state index < -0.39 is 23.6 Å². The van der Waals surface area contributed by atoms with Crippen molar-refractivity contribution in [3.05, 3.63) is 11.8 Å². The zero-order valence-corrected chi connectivity index (χ0v) is 15.4. The number of rotatable bonds is 2. The van der Waals surface area contributed by atoms with Crippen molar-refractivity contribution in [1.29, 1.82) is 0 Å². The van der Waals surface area contributed by atoms with Gasteiger partial charge in [0, 0.05) is 31.5 Å². The van der Waals surface area contributed by atoms with Crippen LogP contribution in [0.15, 0.2) is 11.8 Å². The Morgan fingerprint density at radius 2 is 1.84 bits per heavy atom. The van der Waals surface area contributed by atoms with Gasteiger partial charge >= 0.3 is 59.1 Å². The molecular weight excluding hydrogens is 270 g/mol. The predicted molar refractivity (Wildman–Crippen MR) is 53.2 cm³/mol. The number of hydrogen-bond donors (Lipinski definition) is 0. The molecular formula is C12H14Na2O5. The first-order chi connectivity index (χ1) is 8.09. The first-order valence-corrected chi connectivity index (χ1v) is 5.79. The van der Waals surface area contributed by atoms with Crippen LogP contribution in [0.4, 0.5) is 0 Å². The van der Waals surface area contributed by atoms with Gasteiger partial charge in [-0.2, -0.15) is 0 Å². The molecule has 1 heterocycles. The second-order valence-electron chi connectivity index (χ2n) is 4.63. The summed E-state index contributed by atoms with van der Waals surface area (Å²) in [7, 11) is 0. The zero-order valence-electron chi connectivity index (χ0n) is 11.4. The van der Waals surface area contributed by atoms with Crippen LogP contribution in [-0.2, 0) is 14.3 Å². The van der Waals surface area contributed by atoms with Gasteiger partial charge in [0.05, 0.1) is 0 Å². The van der Waals surface area contributed by atoms with Gasteiger partial charge in [-0.25, -0.2) is 0 Å². The normalized spacial score (nSPS) is 27.8. The van der Waals surface area contributed by atoms with E-state index in [0.717, 1.165) is 6.08 Å². The fourth-order valence-corrected chi connectivity index (χ4v) is 2.74. The monoisotopic (exact) mass is 284 g/mol. The maximum Gasteiger partial charge on any atom is 1.00 e. The van der Waals surface area contributed by atoms with Crippen LogP contribution in [0.3, 0.4) is 0 Å². The Labute approximate surface area is 156 Å². The number of carbonyl (C=O) groups is 2. The summed E-state index contributed by atoms with van der Waals surface area (Å²) in [6.07, 6.45) is 2.44. The third kappa shape index (κ3) is 4.84. The van der Waals surface area contributed by atoms with Gasteiger partial charge < -0.3 is 19.7 Å². The minimum absolute atomic E-state index is 0. The fraction of sp³-hybridized carbons (Fsp3) is 0.667. The van der Waals surface area contributed by atoms with E-state index >= 15 is 0 Å². The number of carboxylic acids is 1. The van der Waals surface area contributed by atoms with Gasteiger partial charge in [-0.1, -0.05) is 0 Å². The molecule has 0 aromatic carbocycles. The van der Waals surface area contributed by atoms with Crippen LogP contribution in [0, 0.1) is 17.8 Å². The first-order valence-electron chi connectivity index (χ1n) is 5.79. The summed E-state index contributed by atoms with van der Waals surface area (Å²) in [6.45, 7) is 1.13. The second-order valence-corrected chi connectivity index (χ2v) is 4.63. The van der Waals surface area contributed by atoms with Crippen molar-refractivity contribution in [2.24, 2.45) is 17.8 Å². The summed E-state index contributed by atoms with van der Waals surface area (Å²) >= 11 is 0. The molecule has 0 bridgehead atoms. The quantitative estimate of drug-likeness (QED) is 0.470. The van der Waals surface area contributed by atoms with E-state index in [9.17, 15) is 19.8 Å². The molecule has 0 radical (unpaired) electrons. The molecule has 0 aromatic rings. The average molecular weight is 284 g/mol. The molecule has 2 rings (SSSR count). The molecule has 1 saturated heterocycles. The van der Waals surface area contributed by atoms with E-state index in [2.05, 4.69) is 0 Å². The van der Waals surface area contributed by atoms with Crippen LogP contribution >= 0.6 is 0 Å². The molecule has 1 aliphatic carbocycles. The van der Waals surface area contributed by atoms with E-state index in [0.29, 0.717) is 26.1 Å². The van der Waals surface area contributed by atoms with Gasteiger partial charge in [-0.3, -0.25) is 4.79 Å². The van der Waals surface area contributed by atoms with Gasteiger partial charge in [0.25, 0.3) is 0 Å². The van der Waals surface area contributed by atoms with Crippen molar-refractivity contribution in [3.8, 4) is 0 Å². The number of ketones is 1. The molecule has 0 aromatic heterocycles. The van der Waals surface area contributed by atoms with Gasteiger partial charge in [0.1, 0.15) is 0 Å². The van der Waals surface area contributed by atoms with Crippen molar-refractivity contribution in [3.63, 3.8) is 0 Å². The number of hydrogen-bond acceptors (Lipinski definition) is 5. The molecule has 0 spiro atoms. The van der Waals surface area contributed by atoms with Gasteiger partial charge in [-0.15, -0.1) is 5.76 Å². The largest absolute Gasteiger partial charge is 1.00 e. The smallest absolute Gasteiger partial charge is 0.875 e. The van der Waals surface area contributed by atoms with E-state index in [4.69, 9.17) is 4.74 Å². The van der Waals surface area contributed by atoms with Crippen LogP contribution < -0.4 is 69.3 Å². The van der Waals surface area contributed by atoms with Crippen LogP contribution in [0.1, 0.15) is 19.3 Å². The summed E-state index contributed by atoms with van der Waals surface area (Å²) in [5, 5.41) is 22.6. The Kier molecular flexibility index (Phi) is 9.12. The van der Waals surface area contributed by atoms with Crippen molar-refractivity contribution >= 4 is 11.8 Å². The molecule has 19 heavy (non-hydrogen) atoms. The number of aliphatic carboxylic acids is 1. The maximum absolute atomic E-state index is 11.6. The van der Waals surface area contributed by atoms with Crippen molar-refractivity contribution in [2.75, 3.05) is 13.2 Å². The zero-order chi connectivity index (χ0) is 12.4. The average Bonchev–Trinajstić information content (AvgIpc) is 2.28. The molecule has 0 N–H and O–H groups in total. The number of carbonyl (C=O) groups excluding carboxylic acids is 2. The van der Waals surface area contributed by atoms with E-state index in [1.54, 1.807) is 0 Å². The summed E-state index contributed by atoms with van der Waals surface area (Å²) in [5.74, 6) is -3.77. The predicted octanol–water partition coefficient (Wildman–Crippen LogP) is -7.38. The molecule has 7 heteroatoms. The molecule has 0 amide bonds. The SMILES string of the molecule is O=C1C=C([O-])C(C(=O)[O-])C(C2CCOCC2)C1.[Na+].[Na+]. The molecule has 5 nitrogen and oxygen atoms in total. The molecule has 1 aliphatic heterocycles. The second kappa shape index (κ2) is 8.82. The molecule has 1 fully saturated rings. The number of allylic oxidation sites excluding steroid dienone is 1. The Morgan fingerprint density at radius 1 is 1.26 bits per heavy atom.